The molecular weight excluding hydrogens is 490 g/mol. The summed E-state index contributed by atoms with van der Waals surface area (Å²) in [4.78, 5) is 24.5. The van der Waals surface area contributed by atoms with E-state index in [-0.39, 0.29) is 32.5 Å². The minimum atomic E-state index is -4.08. The van der Waals surface area contributed by atoms with E-state index < -0.39 is 16.1 Å². The summed E-state index contributed by atoms with van der Waals surface area (Å²) in [5, 5.41) is 18.5. The molecule has 0 spiro atoms. The third-order valence-corrected chi connectivity index (χ3v) is 7.49. The molecule has 11 nitrogen and oxygen atoms in total. The maximum atomic E-state index is 12.4. The van der Waals surface area contributed by atoms with Gasteiger partial charge in [-0.1, -0.05) is 23.7 Å². The van der Waals surface area contributed by atoms with Crippen LogP contribution in [0.1, 0.15) is 12.0 Å². The molecule has 170 valence electrons. The van der Waals surface area contributed by atoms with Gasteiger partial charge in [-0.25, -0.2) is 17.9 Å². The number of sulfonamides is 1. The van der Waals surface area contributed by atoms with E-state index in [1.54, 1.807) is 0 Å². The Morgan fingerprint density at radius 1 is 1.09 bits per heavy atom. The average Bonchev–Trinajstić information content (AvgIpc) is 3.40. The molecule has 3 aromatic rings. The van der Waals surface area contributed by atoms with Crippen molar-refractivity contribution in [1.82, 2.24) is 14.9 Å². The van der Waals surface area contributed by atoms with Gasteiger partial charge in [-0.15, -0.1) is 21.5 Å². The molecule has 4 rings (SSSR count). The minimum absolute atomic E-state index is 0.0193. The lowest BCUT2D eigenvalue weighted by molar-refractivity contribution is -0.116. The Hall–Kier alpha value is -3.55. The fourth-order valence-corrected chi connectivity index (χ4v) is 5.25. The summed E-state index contributed by atoms with van der Waals surface area (Å²) in [6.45, 7) is 0. The quantitative estimate of drug-likeness (QED) is 0.466. The van der Waals surface area contributed by atoms with Crippen LogP contribution < -0.4 is 20.4 Å². The molecule has 0 saturated heterocycles. The van der Waals surface area contributed by atoms with E-state index in [9.17, 15) is 18.0 Å². The summed E-state index contributed by atoms with van der Waals surface area (Å²) in [7, 11) is -2.26. The van der Waals surface area contributed by atoms with Crippen molar-refractivity contribution in [3.05, 3.63) is 58.4 Å². The van der Waals surface area contributed by atoms with Crippen LogP contribution in [0.5, 0.6) is 0 Å². The second-order valence-corrected chi connectivity index (χ2v) is 10.3. The third-order valence-electron chi connectivity index (χ3n) is 4.43. The summed E-state index contributed by atoms with van der Waals surface area (Å²) in [6.07, 6.45) is 0.105. The molecule has 3 heterocycles. The number of hydrazone groups is 1. The Morgan fingerprint density at radius 2 is 1.85 bits per heavy atom. The summed E-state index contributed by atoms with van der Waals surface area (Å²) in [5.74, 6) is -0.140. The van der Waals surface area contributed by atoms with Gasteiger partial charge in [-0.3, -0.25) is 10.1 Å². The first-order valence-electron chi connectivity index (χ1n) is 9.36. The molecule has 3 amide bonds. The molecule has 0 unspecified atom stereocenters. The summed E-state index contributed by atoms with van der Waals surface area (Å²) < 4.78 is 26.4. The molecule has 0 bridgehead atoms. The zero-order chi connectivity index (χ0) is 23.6. The van der Waals surface area contributed by atoms with Crippen LogP contribution in [0.25, 0.3) is 0 Å². The summed E-state index contributed by atoms with van der Waals surface area (Å²) in [5.41, 5.74) is 2.33. The van der Waals surface area contributed by atoms with E-state index in [2.05, 4.69) is 25.9 Å². The minimum Gasteiger partial charge on any atom is -0.388 e. The molecule has 33 heavy (non-hydrogen) atoms. The first kappa shape index (κ1) is 22.6. The number of anilines is 3. The lowest BCUT2D eigenvalue weighted by Crippen LogP contribution is -2.34. The number of benzene rings is 1. The van der Waals surface area contributed by atoms with E-state index in [0.717, 1.165) is 27.6 Å². The highest BCUT2D eigenvalue weighted by Crippen LogP contribution is 2.25. The zero-order valence-corrected chi connectivity index (χ0v) is 19.3. The molecule has 14 heteroatoms. The maximum absolute atomic E-state index is 12.4. The number of carbonyl (C=O) groups excluding carboxylic acids is 2. The van der Waals surface area contributed by atoms with Crippen molar-refractivity contribution in [2.24, 2.45) is 5.10 Å². The lowest BCUT2D eigenvalue weighted by Gasteiger charge is -2.10. The van der Waals surface area contributed by atoms with Crippen molar-refractivity contribution in [3.63, 3.8) is 0 Å². The monoisotopic (exact) mass is 505 g/mol. The van der Waals surface area contributed by atoms with Crippen LogP contribution in [0.3, 0.4) is 0 Å². The number of amides is 3. The van der Waals surface area contributed by atoms with Gasteiger partial charge in [0.2, 0.25) is 0 Å². The Labute approximate surface area is 197 Å². The van der Waals surface area contributed by atoms with Crippen molar-refractivity contribution < 1.29 is 18.0 Å². The molecular formula is C19H16ClN7O4S2. The van der Waals surface area contributed by atoms with Gasteiger partial charge in [0.1, 0.15) is 4.21 Å². The zero-order valence-electron chi connectivity index (χ0n) is 16.9. The van der Waals surface area contributed by atoms with Crippen molar-refractivity contribution >= 4 is 67.9 Å². The van der Waals surface area contributed by atoms with E-state index in [0.29, 0.717) is 5.71 Å². The first-order valence-corrected chi connectivity index (χ1v) is 12.0. The number of nitrogens with one attached hydrogen (secondary N) is 3. The molecule has 3 N–H and O–H groups in total. The number of rotatable bonds is 6. The van der Waals surface area contributed by atoms with Crippen LogP contribution >= 0.6 is 22.9 Å². The van der Waals surface area contributed by atoms with Gasteiger partial charge >= 0.3 is 6.03 Å². The number of nitrogens with zero attached hydrogens (tertiary/aromatic N) is 4. The molecule has 1 aliphatic rings. The van der Waals surface area contributed by atoms with Crippen molar-refractivity contribution in [2.75, 3.05) is 22.7 Å². The second-order valence-electron chi connectivity index (χ2n) is 6.65. The van der Waals surface area contributed by atoms with Gasteiger partial charge in [-0.2, -0.15) is 10.1 Å². The number of carbonyl (C=O) groups is 2. The van der Waals surface area contributed by atoms with Crippen LogP contribution in [-0.2, 0) is 14.8 Å². The molecule has 1 aliphatic heterocycles. The summed E-state index contributed by atoms with van der Waals surface area (Å²) in [6, 6.07) is 12.0. The first-order chi connectivity index (χ1) is 15.7. The van der Waals surface area contributed by atoms with Gasteiger partial charge < -0.3 is 5.32 Å². The van der Waals surface area contributed by atoms with Crippen LogP contribution in [-0.4, -0.2) is 43.3 Å². The summed E-state index contributed by atoms with van der Waals surface area (Å²) >= 11 is 6.55. The van der Waals surface area contributed by atoms with Crippen LogP contribution in [0, 0.1) is 0 Å². The maximum Gasteiger partial charge on any atom is 0.334 e. The van der Waals surface area contributed by atoms with Gasteiger partial charge in [0.25, 0.3) is 15.9 Å². The molecule has 0 saturated carbocycles. The van der Waals surface area contributed by atoms with Gasteiger partial charge in [-0.05, 0) is 42.0 Å². The predicted molar refractivity (Wildman–Crippen MR) is 125 cm³/mol. The topological polar surface area (TPSA) is 146 Å². The molecule has 0 atom stereocenters. The molecule has 0 fully saturated rings. The van der Waals surface area contributed by atoms with Crippen LogP contribution in [0.4, 0.5) is 22.1 Å². The van der Waals surface area contributed by atoms with E-state index in [1.807, 2.05) is 36.0 Å². The van der Waals surface area contributed by atoms with Crippen molar-refractivity contribution in [3.8, 4) is 0 Å². The lowest BCUT2D eigenvalue weighted by atomic mass is 10.1. The standard InChI is InChI=1S/C19H16ClN7O4S2/c1-21-12-4-2-11(3-5-12)13-10-17(28)27(25-13)16-8-7-15(23-24-16)22-19(29)26-33(30,31)18-9-6-14(20)32-18/h2-9,21H,10H2,1H3,(H2,22,23,26,29). The van der Waals surface area contributed by atoms with Crippen molar-refractivity contribution in [2.45, 2.75) is 10.6 Å². The smallest absolute Gasteiger partial charge is 0.334 e. The molecule has 1 aromatic carbocycles. The molecule has 2 aromatic heterocycles. The van der Waals surface area contributed by atoms with Crippen LogP contribution in [0.15, 0.2) is 57.8 Å². The second kappa shape index (κ2) is 9.13. The Balaban J connectivity index is 1.42. The number of aromatic nitrogens is 2. The van der Waals surface area contributed by atoms with Gasteiger partial charge in [0.05, 0.1) is 16.5 Å². The highest BCUT2D eigenvalue weighted by atomic mass is 35.5. The third kappa shape index (κ3) is 5.10. The van der Waals surface area contributed by atoms with E-state index >= 15 is 0 Å². The highest BCUT2D eigenvalue weighted by Gasteiger charge is 2.27. The van der Waals surface area contributed by atoms with E-state index in [1.165, 1.54) is 24.3 Å². The fourth-order valence-electron chi connectivity index (χ4n) is 2.86. The average molecular weight is 506 g/mol. The number of hydrogen-bond acceptors (Lipinski definition) is 9. The number of halogens is 1. The van der Waals surface area contributed by atoms with Gasteiger partial charge in [0.15, 0.2) is 11.6 Å². The highest BCUT2D eigenvalue weighted by molar-refractivity contribution is 7.92. The Bertz CT molecular complexity index is 1340. The number of urea groups is 1. The Morgan fingerprint density at radius 3 is 2.45 bits per heavy atom. The predicted octanol–water partition coefficient (Wildman–Crippen LogP) is 2.88. The normalized spacial score (nSPS) is 13.6. The largest absolute Gasteiger partial charge is 0.388 e. The van der Waals surface area contributed by atoms with Crippen LogP contribution in [0.2, 0.25) is 4.34 Å². The number of thiophene rings is 1. The number of hydrogen-bond donors (Lipinski definition) is 3. The molecule has 0 radical (unpaired) electrons. The fraction of sp³-hybridized carbons (Fsp3) is 0.105. The van der Waals surface area contributed by atoms with Crippen molar-refractivity contribution in [1.29, 1.82) is 0 Å². The Kier molecular flexibility index (Phi) is 6.26. The molecule has 0 aliphatic carbocycles. The SMILES string of the molecule is CNc1ccc(C2=NN(c3ccc(NC(=O)NS(=O)(=O)c4ccc(Cl)s4)nn3)C(=O)C2)cc1. The van der Waals surface area contributed by atoms with Gasteiger partial charge in [0, 0.05) is 12.7 Å². The van der Waals surface area contributed by atoms with E-state index in [4.69, 9.17) is 11.6 Å².